The molecule has 0 spiro atoms. The van der Waals surface area contributed by atoms with Gasteiger partial charge in [0.2, 0.25) is 12.1 Å². The van der Waals surface area contributed by atoms with E-state index in [2.05, 4.69) is 54.6 Å². The predicted octanol–water partition coefficient (Wildman–Crippen LogP) is 6.55. The molecule has 2 aliphatic rings. The summed E-state index contributed by atoms with van der Waals surface area (Å²) in [5.74, 6) is -5.89. The molecule has 0 N–H and O–H groups in total. The lowest BCUT2D eigenvalue weighted by Crippen LogP contribution is -2.66. The zero-order valence-electron chi connectivity index (χ0n) is 39.3. The lowest BCUT2D eigenvalue weighted by molar-refractivity contribution is -0.382. The third kappa shape index (κ3) is 13.9. The van der Waals surface area contributed by atoms with Crippen LogP contribution in [0, 0.1) is 0 Å². The van der Waals surface area contributed by atoms with Gasteiger partial charge in [-0.3, -0.25) is 24.0 Å². The molecule has 0 aliphatic carbocycles. The monoisotopic (exact) mass is 894 g/mol. The van der Waals surface area contributed by atoms with Crippen molar-refractivity contribution < 1.29 is 75.1 Å². The standard InChI is InChI=1S/C40H74O16Si3/c1-24(41)49-31-29(21-46-57(15,16)37(6,7)8)54-36(34(52-27(4)44)33(31)51-26(3)43)56-40(23-48-59(19,20)39(12,13)14)35(53-28(5)45)32(50-25(2)42)30(55-40)22-47-58(17,18)38(9,10)11/h29-36H,21-23H2,1-20H3/t29-,30-,31-,32-,33+,34-,35+,36-,40+/m1/s1. The van der Waals surface area contributed by atoms with Crippen molar-refractivity contribution >= 4 is 54.8 Å². The first kappa shape index (κ1) is 52.9. The van der Waals surface area contributed by atoms with Gasteiger partial charge in [0.1, 0.15) is 12.2 Å². The fraction of sp³-hybridized carbons (Fsp3) is 0.875. The average molecular weight is 895 g/mol. The maximum Gasteiger partial charge on any atom is 0.303 e. The molecule has 9 atom stereocenters. The Morgan fingerprint density at radius 1 is 0.492 bits per heavy atom. The first-order chi connectivity index (χ1) is 26.5. The minimum atomic E-state index is -2.68. The van der Waals surface area contributed by atoms with Crippen molar-refractivity contribution in [2.45, 2.75) is 206 Å². The van der Waals surface area contributed by atoms with Gasteiger partial charge in [-0.25, -0.2) is 0 Å². The van der Waals surface area contributed by atoms with Gasteiger partial charge in [0, 0.05) is 34.6 Å². The van der Waals surface area contributed by atoms with Crippen molar-refractivity contribution in [1.82, 2.24) is 0 Å². The molecular formula is C40H74O16Si3. The number of hydrogen-bond acceptors (Lipinski definition) is 16. The Morgan fingerprint density at radius 2 is 0.847 bits per heavy atom. The Hall–Kier alpha value is -2.24. The summed E-state index contributed by atoms with van der Waals surface area (Å²) in [5.41, 5.74) is 0. The highest BCUT2D eigenvalue weighted by Gasteiger charge is 2.65. The Bertz CT molecular complexity index is 1500. The predicted molar refractivity (Wildman–Crippen MR) is 225 cm³/mol. The second-order valence-corrected chi connectivity index (χ2v) is 34.6. The molecular weight excluding hydrogens is 821 g/mol. The molecule has 0 unspecified atom stereocenters. The molecule has 2 saturated heterocycles. The van der Waals surface area contributed by atoms with E-state index in [1.807, 2.05) is 47.0 Å². The Balaban J connectivity index is 2.97. The van der Waals surface area contributed by atoms with Crippen molar-refractivity contribution in [3.05, 3.63) is 0 Å². The van der Waals surface area contributed by atoms with Crippen molar-refractivity contribution in [2.24, 2.45) is 0 Å². The lowest BCUT2D eigenvalue weighted by atomic mass is 9.97. The van der Waals surface area contributed by atoms with E-state index in [4.69, 9.17) is 51.2 Å². The normalized spacial score (nSPS) is 28.4. The summed E-state index contributed by atoms with van der Waals surface area (Å²) < 4.78 is 69.5. The smallest absolute Gasteiger partial charge is 0.303 e. The Labute approximate surface area is 355 Å². The SMILES string of the molecule is CC(=O)O[C@@H]1[C@@H](OC(C)=O)[C@@H](O[C@]2(CO[Si](C)(C)C(C)(C)C)O[C@H](CO[Si](C)(C)C(C)(C)C)[C@@H](OC(C)=O)[C@@H]2OC(C)=O)O[C@H](CO[Si](C)(C)C(C)(C)C)[C@H]1OC(C)=O. The van der Waals surface area contributed by atoms with Crippen molar-refractivity contribution in [1.29, 1.82) is 0 Å². The van der Waals surface area contributed by atoms with Crippen molar-refractivity contribution in [3.63, 3.8) is 0 Å². The van der Waals surface area contributed by atoms with Crippen LogP contribution < -0.4 is 0 Å². The van der Waals surface area contributed by atoms with E-state index >= 15 is 0 Å². The number of ether oxygens (including phenoxy) is 8. The highest BCUT2D eigenvalue weighted by atomic mass is 28.4. The van der Waals surface area contributed by atoms with Gasteiger partial charge in [0.05, 0.1) is 19.8 Å². The summed E-state index contributed by atoms with van der Waals surface area (Å²) in [4.78, 5) is 64.1. The van der Waals surface area contributed by atoms with E-state index in [1.165, 1.54) is 20.8 Å². The van der Waals surface area contributed by atoms with Gasteiger partial charge in [-0.05, 0) is 54.4 Å². The Morgan fingerprint density at radius 3 is 1.25 bits per heavy atom. The molecule has 0 aromatic carbocycles. The van der Waals surface area contributed by atoms with Crippen LogP contribution in [-0.2, 0) is 75.1 Å². The van der Waals surface area contributed by atoms with Crippen LogP contribution in [0.4, 0.5) is 0 Å². The summed E-state index contributed by atoms with van der Waals surface area (Å²) in [7, 11) is -7.63. The summed E-state index contributed by atoms with van der Waals surface area (Å²) in [5, 5.41) is -0.775. The maximum absolute atomic E-state index is 13.0. The van der Waals surface area contributed by atoms with Gasteiger partial charge >= 0.3 is 29.8 Å². The summed E-state index contributed by atoms with van der Waals surface area (Å²) in [6.07, 6.45) is -11.1. The van der Waals surface area contributed by atoms with Gasteiger partial charge in [-0.15, -0.1) is 0 Å². The number of carbonyl (C=O) groups is 5. The van der Waals surface area contributed by atoms with Crippen LogP contribution in [-0.4, -0.2) is 129 Å². The molecule has 2 fully saturated rings. The molecule has 0 amide bonds. The van der Waals surface area contributed by atoms with Gasteiger partial charge in [0.15, 0.2) is 55.5 Å². The van der Waals surface area contributed by atoms with E-state index < -0.39 is 110 Å². The molecule has 2 rings (SSSR count). The van der Waals surface area contributed by atoms with Crippen molar-refractivity contribution in [3.8, 4) is 0 Å². The van der Waals surface area contributed by atoms with Crippen LogP contribution in [0.1, 0.15) is 96.9 Å². The Kier molecular flexibility index (Phi) is 17.4. The van der Waals surface area contributed by atoms with Gasteiger partial charge in [-0.1, -0.05) is 62.3 Å². The number of rotatable bonds is 16. The summed E-state index contributed by atoms with van der Waals surface area (Å²) in [6.45, 7) is 35.9. The summed E-state index contributed by atoms with van der Waals surface area (Å²) >= 11 is 0. The molecule has 342 valence electrons. The van der Waals surface area contributed by atoms with E-state index in [9.17, 15) is 24.0 Å². The number of hydrogen-bond donors (Lipinski definition) is 0. The highest BCUT2D eigenvalue weighted by Crippen LogP contribution is 2.45. The van der Waals surface area contributed by atoms with Crippen LogP contribution in [0.15, 0.2) is 0 Å². The second kappa shape index (κ2) is 19.4. The molecule has 2 aliphatic heterocycles. The van der Waals surface area contributed by atoms with E-state index in [-0.39, 0.29) is 34.9 Å². The summed E-state index contributed by atoms with van der Waals surface area (Å²) in [6, 6.07) is 0. The quantitative estimate of drug-likeness (QED) is 0.0922. The second-order valence-electron chi connectivity index (χ2n) is 20.1. The zero-order valence-corrected chi connectivity index (χ0v) is 42.3. The van der Waals surface area contributed by atoms with Gasteiger partial charge in [0.25, 0.3) is 0 Å². The van der Waals surface area contributed by atoms with Gasteiger partial charge < -0.3 is 51.2 Å². The van der Waals surface area contributed by atoms with Crippen LogP contribution in [0.25, 0.3) is 0 Å². The molecule has 0 radical (unpaired) electrons. The number of esters is 5. The minimum Gasteiger partial charge on any atom is -0.456 e. The largest absolute Gasteiger partial charge is 0.456 e. The molecule has 0 saturated carbocycles. The fourth-order valence-corrected chi connectivity index (χ4v) is 8.69. The lowest BCUT2D eigenvalue weighted by Gasteiger charge is -2.48. The van der Waals surface area contributed by atoms with Gasteiger partial charge in [-0.2, -0.15) is 0 Å². The fourth-order valence-electron chi connectivity index (χ4n) is 5.67. The van der Waals surface area contributed by atoms with E-state index in [0.29, 0.717) is 0 Å². The van der Waals surface area contributed by atoms with Crippen LogP contribution in [0.5, 0.6) is 0 Å². The third-order valence-corrected chi connectivity index (χ3v) is 25.6. The van der Waals surface area contributed by atoms with Crippen LogP contribution >= 0.6 is 0 Å². The minimum absolute atomic E-state index is 0.0934. The van der Waals surface area contributed by atoms with E-state index in [0.717, 1.165) is 13.8 Å². The molecule has 59 heavy (non-hydrogen) atoms. The molecule has 0 aromatic rings. The zero-order chi connectivity index (χ0) is 45.9. The van der Waals surface area contributed by atoms with E-state index in [1.54, 1.807) is 0 Å². The molecule has 16 nitrogen and oxygen atoms in total. The molecule has 0 aromatic heterocycles. The molecule has 19 heteroatoms. The average Bonchev–Trinajstić information content (AvgIpc) is 3.29. The van der Waals surface area contributed by atoms with Crippen LogP contribution in [0.3, 0.4) is 0 Å². The topological polar surface area (TPSA) is 187 Å². The van der Waals surface area contributed by atoms with Crippen molar-refractivity contribution in [2.75, 3.05) is 19.8 Å². The maximum atomic E-state index is 13.0. The van der Waals surface area contributed by atoms with Crippen LogP contribution in [0.2, 0.25) is 54.4 Å². The third-order valence-electron chi connectivity index (χ3n) is 12.1. The number of carbonyl (C=O) groups excluding carboxylic acids is 5. The highest BCUT2D eigenvalue weighted by molar-refractivity contribution is 6.74. The first-order valence-corrected chi connectivity index (χ1v) is 29.0. The molecule has 2 heterocycles. The molecule has 0 bridgehead atoms. The first-order valence-electron chi connectivity index (χ1n) is 20.3.